The number of benzene rings is 2. The van der Waals surface area contributed by atoms with E-state index in [2.05, 4.69) is 34.7 Å². The van der Waals surface area contributed by atoms with E-state index in [0.717, 1.165) is 55.2 Å². The number of carbonyl (C=O) groups excluding carboxylic acids is 2. The first kappa shape index (κ1) is 35.0. The van der Waals surface area contributed by atoms with Crippen molar-refractivity contribution in [3.63, 3.8) is 0 Å². The summed E-state index contributed by atoms with van der Waals surface area (Å²) in [5.74, 6) is -0.386. The summed E-state index contributed by atoms with van der Waals surface area (Å²) in [6, 6.07) is 19.9. The Morgan fingerprint density at radius 2 is 1.81 bits per heavy atom. The molecule has 0 spiro atoms. The van der Waals surface area contributed by atoms with E-state index in [1.165, 1.54) is 5.56 Å². The smallest absolute Gasteiger partial charge is 0.316 e. The van der Waals surface area contributed by atoms with Crippen LogP contribution in [-0.2, 0) is 34.6 Å². The molecule has 3 aliphatic rings. The highest BCUT2D eigenvalue weighted by atomic mass is 31.2. The first-order valence-corrected chi connectivity index (χ1v) is 19.1. The van der Waals surface area contributed by atoms with Gasteiger partial charge in [-0.2, -0.15) is 0 Å². The van der Waals surface area contributed by atoms with E-state index in [4.69, 9.17) is 14.0 Å². The lowest BCUT2D eigenvalue weighted by molar-refractivity contribution is -0.169. The fourth-order valence-corrected chi connectivity index (χ4v) is 9.14. The maximum Gasteiger partial charge on any atom is 0.316 e. The van der Waals surface area contributed by atoms with Crippen LogP contribution in [0.15, 0.2) is 79.5 Å². The van der Waals surface area contributed by atoms with Gasteiger partial charge in [0.1, 0.15) is 12.3 Å². The predicted molar refractivity (Wildman–Crippen MR) is 185 cm³/mol. The number of hydrogen-bond acceptors (Lipinski definition) is 8. The number of aryl methyl sites for hydroxylation is 1. The van der Waals surface area contributed by atoms with Gasteiger partial charge in [0.15, 0.2) is 0 Å². The number of nitrogens with zero attached hydrogens (tertiary/aromatic N) is 2. The molecule has 6 rings (SSSR count). The van der Waals surface area contributed by atoms with Crippen molar-refractivity contribution in [2.75, 3.05) is 25.4 Å². The summed E-state index contributed by atoms with van der Waals surface area (Å²) < 4.78 is 32.7. The summed E-state index contributed by atoms with van der Waals surface area (Å²) >= 11 is 0. The third-order valence-electron chi connectivity index (χ3n) is 9.55. The average Bonchev–Trinajstić information content (AvgIpc) is 3.09. The number of unbranched alkanes of at least 4 members (excludes halogenated alkanes) is 1. The molecule has 47 heavy (non-hydrogen) atoms. The van der Waals surface area contributed by atoms with Crippen LogP contribution in [0.25, 0.3) is 10.9 Å². The molecule has 2 bridgehead atoms. The number of hydrogen-bond donors (Lipinski definition) is 0. The quantitative estimate of drug-likeness (QED) is 0.0502. The van der Waals surface area contributed by atoms with E-state index in [1.807, 2.05) is 62.4 Å². The zero-order valence-corrected chi connectivity index (χ0v) is 28.9. The van der Waals surface area contributed by atoms with Crippen molar-refractivity contribution in [1.82, 2.24) is 9.88 Å². The van der Waals surface area contributed by atoms with Crippen molar-refractivity contribution in [2.45, 2.75) is 77.7 Å². The van der Waals surface area contributed by atoms with Crippen LogP contribution in [0.1, 0.15) is 70.1 Å². The molecule has 3 fully saturated rings. The number of pyridine rings is 1. The van der Waals surface area contributed by atoms with Crippen molar-refractivity contribution < 1.29 is 28.2 Å². The molecule has 4 heterocycles. The van der Waals surface area contributed by atoms with Gasteiger partial charge in [0.25, 0.3) is 0 Å². The van der Waals surface area contributed by atoms with Crippen molar-refractivity contribution in [1.29, 1.82) is 0 Å². The normalized spacial score (nSPS) is 23.1. The Morgan fingerprint density at radius 3 is 2.51 bits per heavy atom. The molecule has 7 atom stereocenters. The van der Waals surface area contributed by atoms with E-state index in [-0.39, 0.29) is 24.5 Å². The Balaban J connectivity index is 1.39. The monoisotopic (exact) mass is 660 g/mol. The van der Waals surface area contributed by atoms with E-state index in [1.54, 1.807) is 13.1 Å². The highest BCUT2D eigenvalue weighted by Gasteiger charge is 2.45. The lowest BCUT2D eigenvalue weighted by Crippen LogP contribution is -2.55. The van der Waals surface area contributed by atoms with Gasteiger partial charge in [-0.05, 0) is 68.2 Å². The number of carbonyl (C=O) groups is 2. The van der Waals surface area contributed by atoms with Crippen LogP contribution in [0.4, 0.5) is 0 Å². The molecule has 3 aliphatic heterocycles. The fraction of sp³-hybridized carbons (Fsp3) is 0.500. The molecule has 9 heteroatoms. The van der Waals surface area contributed by atoms with Crippen molar-refractivity contribution in [3.8, 4) is 0 Å². The van der Waals surface area contributed by atoms with Crippen LogP contribution < -0.4 is 0 Å². The molecule has 3 unspecified atom stereocenters. The summed E-state index contributed by atoms with van der Waals surface area (Å²) in [5.41, 5.74) is 2.92. The maximum absolute atomic E-state index is 14.6. The van der Waals surface area contributed by atoms with E-state index >= 15 is 0 Å². The number of rotatable bonds is 16. The lowest BCUT2D eigenvalue weighted by atomic mass is 9.73. The third kappa shape index (κ3) is 8.98. The Kier molecular flexibility index (Phi) is 12.1. The second-order valence-electron chi connectivity index (χ2n) is 13.3. The molecule has 0 saturated carbocycles. The van der Waals surface area contributed by atoms with Crippen molar-refractivity contribution >= 4 is 30.2 Å². The minimum Gasteiger partial charge on any atom is -0.455 e. The molecular weight excluding hydrogens is 611 g/mol. The largest absolute Gasteiger partial charge is 0.455 e. The molecule has 0 amide bonds. The topological polar surface area (TPSA) is 95.0 Å². The van der Waals surface area contributed by atoms with Gasteiger partial charge < -0.3 is 9.47 Å². The second kappa shape index (κ2) is 16.2. The van der Waals surface area contributed by atoms with E-state index < -0.39 is 37.9 Å². The summed E-state index contributed by atoms with van der Waals surface area (Å²) in [5, 5.41) is 0.933. The molecule has 0 aliphatic carbocycles. The van der Waals surface area contributed by atoms with Crippen LogP contribution in [0.3, 0.4) is 0 Å². The molecule has 0 radical (unpaired) electrons. The third-order valence-corrected chi connectivity index (χ3v) is 11.9. The molecule has 252 valence electrons. The van der Waals surface area contributed by atoms with Gasteiger partial charge in [-0.25, -0.2) is 0 Å². The van der Waals surface area contributed by atoms with Gasteiger partial charge >= 0.3 is 11.9 Å². The number of aromatic nitrogens is 1. The van der Waals surface area contributed by atoms with Gasteiger partial charge in [0.05, 0.1) is 11.6 Å². The Hall–Kier alpha value is -3.32. The minimum atomic E-state index is -3.63. The van der Waals surface area contributed by atoms with Gasteiger partial charge in [-0.15, -0.1) is 6.58 Å². The summed E-state index contributed by atoms with van der Waals surface area (Å²) in [4.78, 5) is 33.2. The molecule has 8 nitrogen and oxygen atoms in total. The number of para-hydroxylation sites is 1. The first-order chi connectivity index (χ1) is 22.7. The Morgan fingerprint density at radius 1 is 1.04 bits per heavy atom. The maximum atomic E-state index is 14.6. The number of fused-ring (bicyclic) bond motifs is 4. The van der Waals surface area contributed by atoms with Crippen LogP contribution in [0.2, 0.25) is 0 Å². The highest BCUT2D eigenvalue weighted by Crippen LogP contribution is 2.51. The fourth-order valence-electron chi connectivity index (χ4n) is 6.96. The first-order valence-electron chi connectivity index (χ1n) is 17.1. The Labute approximate surface area is 279 Å². The van der Waals surface area contributed by atoms with Crippen molar-refractivity contribution in [2.24, 2.45) is 17.8 Å². The summed E-state index contributed by atoms with van der Waals surface area (Å²) in [7, 11) is -3.63. The number of esters is 2. The SMILES string of the molecule is C=C[C@@H]1CN2CCC1C[C@H]2[C@H](OC(=O)CP(=O)(CCCCc1ccccc1)O[C@H](OC(=O)CC)C(C)C)c1ccnc2ccccc12. The molecular formula is C38H49N2O6P. The molecule has 2 aromatic carbocycles. The highest BCUT2D eigenvalue weighted by molar-refractivity contribution is 7.59. The zero-order valence-electron chi connectivity index (χ0n) is 28.0. The van der Waals surface area contributed by atoms with Crippen molar-refractivity contribution in [3.05, 3.63) is 90.6 Å². The standard InChI is InChI=1S/C38H49N2O6P/c1-5-29-25-40-22-20-30(29)24-34(40)37(32-19-21-39-33-18-11-10-17-31(32)33)44-36(42)26-47(43,46-38(27(3)4)45-35(41)6-2)23-13-12-16-28-14-8-7-9-15-28/h5,7-11,14-15,17-19,21,27,29-30,34,37-38H,1,6,12-13,16,20,22-26H2,2-4H3/t29-,30?,34+,37-,38+,47?/m1/s1. The number of piperidine rings is 3. The van der Waals surface area contributed by atoms with Gasteiger partial charge in [0.2, 0.25) is 13.7 Å². The van der Waals surface area contributed by atoms with Gasteiger partial charge in [0, 0.05) is 42.2 Å². The average molecular weight is 661 g/mol. The predicted octanol–water partition coefficient (Wildman–Crippen LogP) is 7.97. The molecule has 3 saturated heterocycles. The van der Waals surface area contributed by atoms with Crippen LogP contribution >= 0.6 is 7.37 Å². The van der Waals surface area contributed by atoms with Crippen LogP contribution in [-0.4, -0.2) is 59.6 Å². The minimum absolute atomic E-state index is 0.0280. The summed E-state index contributed by atoms with van der Waals surface area (Å²) in [6.07, 6.45) is 6.34. The zero-order chi connectivity index (χ0) is 33.4. The second-order valence-corrected chi connectivity index (χ2v) is 15.9. The number of ether oxygens (including phenoxy) is 2. The van der Waals surface area contributed by atoms with Crippen LogP contribution in [0.5, 0.6) is 0 Å². The van der Waals surface area contributed by atoms with E-state index in [9.17, 15) is 14.2 Å². The molecule has 1 aromatic heterocycles. The Bertz CT molecular complexity index is 1560. The molecule has 0 N–H and O–H groups in total. The van der Waals surface area contributed by atoms with Crippen LogP contribution in [0, 0.1) is 17.8 Å². The van der Waals surface area contributed by atoms with Gasteiger partial charge in [-0.3, -0.25) is 28.6 Å². The summed E-state index contributed by atoms with van der Waals surface area (Å²) in [6.45, 7) is 11.3. The lowest BCUT2D eigenvalue weighted by Gasteiger charge is -2.51. The van der Waals surface area contributed by atoms with E-state index in [0.29, 0.717) is 18.3 Å². The molecule has 3 aromatic rings. The van der Waals surface area contributed by atoms with Gasteiger partial charge in [-0.1, -0.05) is 75.4 Å².